The van der Waals surface area contributed by atoms with E-state index in [1.54, 1.807) is 44.8 Å². The zero-order valence-corrected chi connectivity index (χ0v) is 22.5. The fraction of sp³-hybridized carbons (Fsp3) is 0.567. The van der Waals surface area contributed by atoms with Gasteiger partial charge in [0.15, 0.2) is 5.78 Å². The third-order valence-electron chi connectivity index (χ3n) is 9.16. The number of benzene rings is 1. The number of ether oxygens (including phenoxy) is 2. The molecule has 1 aromatic heterocycles. The highest BCUT2D eigenvalue weighted by Gasteiger charge is 2.58. The fourth-order valence-corrected chi connectivity index (χ4v) is 7.28. The molecule has 5 unspecified atom stereocenters. The maximum atomic E-state index is 14.3. The lowest BCUT2D eigenvalue weighted by Gasteiger charge is -2.60. The second-order valence-electron chi connectivity index (χ2n) is 11.7. The van der Waals surface area contributed by atoms with E-state index in [0.717, 1.165) is 25.7 Å². The minimum Gasteiger partial charge on any atom is -0.497 e. The minimum atomic E-state index is -0.159. The number of rotatable bonds is 7. The van der Waals surface area contributed by atoms with Crippen LogP contribution in [0, 0.1) is 34.5 Å². The average molecular weight is 493 g/mol. The summed E-state index contributed by atoms with van der Waals surface area (Å²) in [6.45, 7) is 9.78. The van der Waals surface area contributed by atoms with E-state index in [-0.39, 0.29) is 40.3 Å². The summed E-state index contributed by atoms with van der Waals surface area (Å²) in [5, 5.41) is 3.14. The number of carbonyl (C=O) groups excluding carboxylic acids is 2. The molecule has 2 aliphatic carbocycles. The number of nitrogens with zero attached hydrogens (tertiary/aromatic N) is 1. The number of fused-ring (bicyclic) bond motifs is 1. The molecule has 0 bridgehead atoms. The highest BCUT2D eigenvalue weighted by Crippen LogP contribution is 2.62. The summed E-state index contributed by atoms with van der Waals surface area (Å²) >= 11 is 0. The van der Waals surface area contributed by atoms with Gasteiger partial charge in [-0.1, -0.05) is 34.1 Å². The van der Waals surface area contributed by atoms with Gasteiger partial charge in [-0.2, -0.15) is 0 Å². The molecule has 6 heteroatoms. The van der Waals surface area contributed by atoms with Gasteiger partial charge in [0.05, 0.1) is 19.8 Å². The SMILES string of the molecule is COc1cc(OC)cc(C(=O)C2C(C)C(CNC(=O)c3cccnc3)CC3C(C)(C)CCCC23C)c1. The number of carbonyl (C=O) groups is 2. The van der Waals surface area contributed by atoms with Gasteiger partial charge in [0, 0.05) is 36.5 Å². The molecule has 6 nitrogen and oxygen atoms in total. The molecule has 1 N–H and O–H groups in total. The van der Waals surface area contributed by atoms with Crippen molar-refractivity contribution < 1.29 is 19.1 Å². The Kier molecular flexibility index (Phi) is 7.44. The van der Waals surface area contributed by atoms with Crippen LogP contribution in [0.15, 0.2) is 42.7 Å². The summed E-state index contributed by atoms with van der Waals surface area (Å²) in [6.07, 6.45) is 7.57. The van der Waals surface area contributed by atoms with Gasteiger partial charge in [-0.15, -0.1) is 0 Å². The second-order valence-corrected chi connectivity index (χ2v) is 11.7. The highest BCUT2D eigenvalue weighted by atomic mass is 16.5. The van der Waals surface area contributed by atoms with Crippen LogP contribution in [0.4, 0.5) is 0 Å². The van der Waals surface area contributed by atoms with Crippen molar-refractivity contribution in [2.24, 2.45) is 34.5 Å². The predicted octanol–water partition coefficient (Wildman–Crippen LogP) is 5.82. The van der Waals surface area contributed by atoms with E-state index in [4.69, 9.17) is 9.47 Å². The van der Waals surface area contributed by atoms with Gasteiger partial charge >= 0.3 is 0 Å². The molecule has 36 heavy (non-hydrogen) atoms. The molecule has 1 aromatic carbocycles. The van der Waals surface area contributed by atoms with E-state index >= 15 is 0 Å². The molecule has 4 rings (SSSR count). The summed E-state index contributed by atoms with van der Waals surface area (Å²) in [4.78, 5) is 31.2. The Labute approximate surface area is 215 Å². The quantitative estimate of drug-likeness (QED) is 0.493. The van der Waals surface area contributed by atoms with Crippen LogP contribution in [0.2, 0.25) is 0 Å². The summed E-state index contributed by atoms with van der Waals surface area (Å²) in [6, 6.07) is 9.00. The minimum absolute atomic E-state index is 0.110. The monoisotopic (exact) mass is 492 g/mol. The Morgan fingerprint density at radius 1 is 1.06 bits per heavy atom. The number of hydrogen-bond acceptors (Lipinski definition) is 5. The fourth-order valence-electron chi connectivity index (χ4n) is 7.28. The topological polar surface area (TPSA) is 77.5 Å². The zero-order chi connectivity index (χ0) is 26.1. The van der Waals surface area contributed by atoms with Crippen LogP contribution in [0.3, 0.4) is 0 Å². The van der Waals surface area contributed by atoms with Gasteiger partial charge < -0.3 is 14.8 Å². The van der Waals surface area contributed by atoms with E-state index in [9.17, 15) is 9.59 Å². The van der Waals surface area contributed by atoms with Gasteiger partial charge in [-0.05, 0) is 72.1 Å². The Hall–Kier alpha value is -2.89. The largest absolute Gasteiger partial charge is 0.497 e. The van der Waals surface area contributed by atoms with Gasteiger partial charge in [0.1, 0.15) is 11.5 Å². The van der Waals surface area contributed by atoms with Gasteiger partial charge in [0.25, 0.3) is 5.91 Å². The summed E-state index contributed by atoms with van der Waals surface area (Å²) in [5.74, 6) is 1.80. The van der Waals surface area contributed by atoms with Crippen molar-refractivity contribution in [3.8, 4) is 11.5 Å². The Morgan fingerprint density at radius 3 is 2.36 bits per heavy atom. The lowest BCUT2D eigenvalue weighted by molar-refractivity contribution is -0.101. The first-order chi connectivity index (χ1) is 17.1. The van der Waals surface area contributed by atoms with Crippen molar-refractivity contribution in [1.82, 2.24) is 10.3 Å². The number of Topliss-reactive ketones (excluding diaryl/α,β-unsaturated/α-hetero) is 1. The lowest BCUT2D eigenvalue weighted by atomic mass is 9.44. The maximum absolute atomic E-state index is 14.3. The van der Waals surface area contributed by atoms with Gasteiger partial charge in [-0.25, -0.2) is 0 Å². The number of nitrogens with one attached hydrogen (secondary N) is 1. The summed E-state index contributed by atoms with van der Waals surface area (Å²) in [7, 11) is 3.21. The molecule has 0 spiro atoms. The molecule has 0 saturated heterocycles. The number of amides is 1. The van der Waals surface area contributed by atoms with E-state index in [1.165, 1.54) is 0 Å². The van der Waals surface area contributed by atoms with Crippen LogP contribution >= 0.6 is 0 Å². The Bertz CT molecular complexity index is 1080. The second kappa shape index (κ2) is 10.2. The number of hydrogen-bond donors (Lipinski definition) is 1. The van der Waals surface area contributed by atoms with Crippen LogP contribution in [-0.2, 0) is 0 Å². The molecule has 2 saturated carbocycles. The number of pyridine rings is 1. The summed E-state index contributed by atoms with van der Waals surface area (Å²) in [5.41, 5.74) is 1.20. The Balaban J connectivity index is 1.67. The van der Waals surface area contributed by atoms with Crippen LogP contribution in [0.5, 0.6) is 11.5 Å². The molecular weight excluding hydrogens is 452 g/mol. The Morgan fingerprint density at radius 2 is 1.75 bits per heavy atom. The molecule has 2 aromatic rings. The van der Waals surface area contributed by atoms with E-state index in [0.29, 0.717) is 35.1 Å². The third-order valence-corrected chi connectivity index (χ3v) is 9.16. The van der Waals surface area contributed by atoms with Crippen molar-refractivity contribution in [2.75, 3.05) is 20.8 Å². The molecule has 194 valence electrons. The molecule has 1 heterocycles. The molecular formula is C30H40N2O4. The smallest absolute Gasteiger partial charge is 0.252 e. The van der Waals surface area contributed by atoms with Crippen molar-refractivity contribution in [1.29, 1.82) is 0 Å². The van der Waals surface area contributed by atoms with Crippen molar-refractivity contribution in [3.05, 3.63) is 53.9 Å². The van der Waals surface area contributed by atoms with E-state index in [2.05, 4.69) is 38.0 Å². The molecule has 0 radical (unpaired) electrons. The van der Waals surface area contributed by atoms with Crippen LogP contribution in [0.1, 0.15) is 74.1 Å². The van der Waals surface area contributed by atoms with Gasteiger partial charge in [0.2, 0.25) is 0 Å². The van der Waals surface area contributed by atoms with Crippen molar-refractivity contribution >= 4 is 11.7 Å². The first-order valence-corrected chi connectivity index (χ1v) is 13.1. The molecule has 0 aliphatic heterocycles. The molecule has 2 fully saturated rings. The normalized spacial score (nSPS) is 29.1. The first kappa shape index (κ1) is 26.2. The molecule has 5 atom stereocenters. The lowest BCUT2D eigenvalue weighted by Crippen LogP contribution is -2.57. The third kappa shape index (κ3) is 4.87. The van der Waals surface area contributed by atoms with E-state index in [1.807, 2.05) is 12.1 Å². The highest BCUT2D eigenvalue weighted by molar-refractivity contribution is 5.99. The first-order valence-electron chi connectivity index (χ1n) is 13.1. The van der Waals surface area contributed by atoms with Gasteiger partial charge in [-0.3, -0.25) is 14.6 Å². The van der Waals surface area contributed by atoms with Crippen molar-refractivity contribution in [3.63, 3.8) is 0 Å². The standard InChI is InChI=1S/C30H40N2O4/c1-19-22(18-32-28(34)20-9-7-12-31-17-20)15-25-29(2,3)10-8-11-30(25,4)26(19)27(33)21-13-23(35-5)16-24(14-21)36-6/h7,9,12-14,16-17,19,22,25-26H,8,10-11,15,18H2,1-6H3,(H,32,34). The van der Waals surface area contributed by atoms with Crippen LogP contribution in [0.25, 0.3) is 0 Å². The van der Waals surface area contributed by atoms with Crippen molar-refractivity contribution in [2.45, 2.75) is 53.4 Å². The summed E-state index contributed by atoms with van der Waals surface area (Å²) < 4.78 is 10.9. The average Bonchev–Trinajstić information content (AvgIpc) is 2.87. The van der Waals surface area contributed by atoms with Crippen LogP contribution in [-0.4, -0.2) is 37.4 Å². The maximum Gasteiger partial charge on any atom is 0.252 e. The predicted molar refractivity (Wildman–Crippen MR) is 140 cm³/mol. The molecule has 2 aliphatic rings. The number of methoxy groups -OCH3 is 2. The number of ketones is 1. The van der Waals surface area contributed by atoms with E-state index < -0.39 is 0 Å². The zero-order valence-electron chi connectivity index (χ0n) is 22.5. The van der Waals surface area contributed by atoms with Crippen LogP contribution < -0.4 is 14.8 Å². The molecule has 1 amide bonds. The number of aromatic nitrogens is 1.